The van der Waals surface area contributed by atoms with Crippen LogP contribution in [0.5, 0.6) is 0 Å². The van der Waals surface area contributed by atoms with Gasteiger partial charge in [0.05, 0.1) is 10.4 Å². The summed E-state index contributed by atoms with van der Waals surface area (Å²) in [6.45, 7) is 3.81. The van der Waals surface area contributed by atoms with Gasteiger partial charge in [0.1, 0.15) is 11.3 Å². The molecule has 0 aliphatic carbocycles. The number of piperidine rings is 2. The Morgan fingerprint density at radius 1 is 1.11 bits per heavy atom. The summed E-state index contributed by atoms with van der Waals surface area (Å²) in [5, 5.41) is 3.46. The summed E-state index contributed by atoms with van der Waals surface area (Å²) in [7, 11) is 0.285. The number of aryl methyl sites for hydroxylation is 1. The number of hydrogen-bond acceptors (Lipinski definition) is 6. The number of sulfone groups is 1. The third-order valence-corrected chi connectivity index (χ3v) is 9.31. The van der Waals surface area contributed by atoms with E-state index in [2.05, 4.69) is 10.2 Å². The molecule has 1 N–H and O–H groups in total. The molecule has 2 aliphatic rings. The average molecular weight is 529 g/mol. The number of nitrogens with zero attached hydrogens (tertiary/aromatic N) is 3. The second-order valence-electron chi connectivity index (χ2n) is 10.5. The summed E-state index contributed by atoms with van der Waals surface area (Å²) in [6, 6.07) is 11.4. The zero-order valence-corrected chi connectivity index (χ0v) is 22.7. The van der Waals surface area contributed by atoms with Crippen LogP contribution in [0, 0.1) is 5.82 Å². The number of nitrogens with one attached hydrogen (secondary N) is 1. The van der Waals surface area contributed by atoms with Crippen molar-refractivity contribution >= 4 is 20.9 Å². The van der Waals surface area contributed by atoms with Gasteiger partial charge < -0.3 is 14.6 Å². The highest BCUT2D eigenvalue weighted by Crippen LogP contribution is 2.38. The van der Waals surface area contributed by atoms with E-state index in [-0.39, 0.29) is 16.6 Å². The van der Waals surface area contributed by atoms with Crippen LogP contribution in [-0.4, -0.2) is 74.6 Å². The summed E-state index contributed by atoms with van der Waals surface area (Å²) < 4.78 is 47.0. The Hall–Kier alpha value is -2.33. The first-order valence-electron chi connectivity index (χ1n) is 13.2. The molecule has 0 saturated carbocycles. The van der Waals surface area contributed by atoms with Crippen LogP contribution in [0.3, 0.4) is 0 Å². The number of rotatable bonds is 7. The topological polar surface area (TPSA) is 76.5 Å². The number of fused-ring (bicyclic) bond motifs is 1. The van der Waals surface area contributed by atoms with Crippen LogP contribution in [0.2, 0.25) is 0 Å². The molecule has 0 radical (unpaired) electrons. The fraction of sp³-hybridized carbons (Fsp3) is 0.536. The number of imidazole rings is 1. The van der Waals surface area contributed by atoms with E-state index < -0.39 is 9.84 Å². The Balaban J connectivity index is 1.43. The quantitative estimate of drug-likeness (QED) is 0.497. The molecule has 1 unspecified atom stereocenters. The van der Waals surface area contributed by atoms with Crippen molar-refractivity contribution in [1.82, 2.24) is 19.8 Å². The van der Waals surface area contributed by atoms with Gasteiger partial charge in [-0.25, -0.2) is 17.8 Å². The summed E-state index contributed by atoms with van der Waals surface area (Å²) in [5.41, 5.74) is 2.62. The van der Waals surface area contributed by atoms with Gasteiger partial charge in [-0.1, -0.05) is 6.07 Å². The molecule has 2 fully saturated rings. The molecule has 200 valence electrons. The zero-order chi connectivity index (χ0) is 26.2. The number of halogens is 1. The van der Waals surface area contributed by atoms with Crippen LogP contribution in [0.25, 0.3) is 22.4 Å². The first kappa shape index (κ1) is 26.3. The number of hydrogen-bond donors (Lipinski definition) is 1. The number of likely N-dealkylation sites (tertiary alicyclic amines) is 1. The minimum Gasteiger partial charge on any atom is -0.385 e. The number of ether oxygens (including phenoxy) is 1. The normalized spacial score (nSPS) is 22.1. The first-order valence-corrected chi connectivity index (χ1v) is 15.1. The van der Waals surface area contributed by atoms with E-state index in [4.69, 9.17) is 9.72 Å². The van der Waals surface area contributed by atoms with Gasteiger partial charge in [0.25, 0.3) is 0 Å². The van der Waals surface area contributed by atoms with Gasteiger partial charge in [-0.2, -0.15) is 0 Å². The lowest BCUT2D eigenvalue weighted by atomic mass is 9.82. The van der Waals surface area contributed by atoms with E-state index in [0.717, 1.165) is 62.9 Å². The highest BCUT2D eigenvalue weighted by molar-refractivity contribution is 7.90. The minimum absolute atomic E-state index is 0.150. The molecule has 5 rings (SSSR count). The molecule has 7 nitrogen and oxygen atoms in total. The summed E-state index contributed by atoms with van der Waals surface area (Å²) in [5.74, 6) is 0.568. The highest BCUT2D eigenvalue weighted by atomic mass is 32.2. The number of aromatic nitrogens is 2. The van der Waals surface area contributed by atoms with E-state index in [1.807, 2.05) is 19.2 Å². The Bertz CT molecular complexity index is 1350. The lowest BCUT2D eigenvalue weighted by molar-refractivity contribution is 0.0463. The third-order valence-electron chi connectivity index (χ3n) is 8.18. The monoisotopic (exact) mass is 528 g/mol. The van der Waals surface area contributed by atoms with Crippen LogP contribution in [0.1, 0.15) is 43.6 Å². The Labute approximate surface area is 218 Å². The van der Waals surface area contributed by atoms with Crippen LogP contribution in [-0.2, 0) is 21.6 Å². The third kappa shape index (κ3) is 5.32. The van der Waals surface area contributed by atoms with E-state index in [0.29, 0.717) is 35.5 Å². The van der Waals surface area contributed by atoms with Crippen molar-refractivity contribution in [3.05, 3.63) is 47.8 Å². The first-order chi connectivity index (χ1) is 17.8. The SMILES string of the molecule is COCC[C@H]1CC(c2ccc3nc(-c4ccc(S(C)(=O)=O)cc4)n(C)c3c2F)CCN1C1CCNCC1. The minimum atomic E-state index is -3.28. The molecule has 0 amide bonds. The molecule has 0 bridgehead atoms. The van der Waals surface area contributed by atoms with Gasteiger partial charge >= 0.3 is 0 Å². The second-order valence-corrected chi connectivity index (χ2v) is 12.5. The van der Waals surface area contributed by atoms with E-state index in [1.165, 1.54) is 6.26 Å². The highest BCUT2D eigenvalue weighted by Gasteiger charge is 2.35. The maximum absolute atomic E-state index is 16.1. The van der Waals surface area contributed by atoms with Gasteiger partial charge in [0.15, 0.2) is 15.7 Å². The van der Waals surface area contributed by atoms with E-state index in [9.17, 15) is 8.42 Å². The van der Waals surface area contributed by atoms with Gasteiger partial charge in [0.2, 0.25) is 0 Å². The molecule has 0 spiro atoms. The summed E-state index contributed by atoms with van der Waals surface area (Å²) in [4.78, 5) is 7.61. The molecule has 2 aromatic carbocycles. The zero-order valence-electron chi connectivity index (χ0n) is 21.9. The molecule has 37 heavy (non-hydrogen) atoms. The molecule has 3 heterocycles. The Kier molecular flexibility index (Phi) is 7.68. The molecule has 2 atom stereocenters. The van der Waals surface area contributed by atoms with Crippen molar-refractivity contribution in [3.63, 3.8) is 0 Å². The van der Waals surface area contributed by atoms with Crippen LogP contribution >= 0.6 is 0 Å². The number of benzene rings is 2. The van der Waals surface area contributed by atoms with Crippen LogP contribution in [0.15, 0.2) is 41.3 Å². The van der Waals surface area contributed by atoms with E-state index in [1.54, 1.807) is 35.9 Å². The second kappa shape index (κ2) is 10.8. The molecule has 2 aliphatic heterocycles. The van der Waals surface area contributed by atoms with Crippen molar-refractivity contribution < 1.29 is 17.5 Å². The molecule has 1 aromatic heterocycles. The van der Waals surface area contributed by atoms with Crippen molar-refractivity contribution in [2.75, 3.05) is 39.6 Å². The maximum atomic E-state index is 16.1. The molecular formula is C28H37FN4O3S. The van der Waals surface area contributed by atoms with Crippen molar-refractivity contribution in [3.8, 4) is 11.4 Å². The Morgan fingerprint density at radius 2 is 1.84 bits per heavy atom. The predicted octanol–water partition coefficient (Wildman–Crippen LogP) is 4.12. The fourth-order valence-corrected chi connectivity index (χ4v) is 6.84. The largest absolute Gasteiger partial charge is 0.385 e. The standard InChI is InChI=1S/C28H37FN4O3S/c1-32-27-25(31-28(32)19-4-6-23(7-5-19)37(3,34)35)9-8-24(26(27)29)20-12-16-33(21-10-14-30-15-11-21)22(18-20)13-17-36-2/h4-9,20-22,30H,10-18H2,1-3H3/t20?,22-/m0/s1. The van der Waals surface area contributed by atoms with Crippen LogP contribution in [0.4, 0.5) is 4.39 Å². The molecular weight excluding hydrogens is 491 g/mol. The maximum Gasteiger partial charge on any atom is 0.175 e. The van der Waals surface area contributed by atoms with Crippen molar-refractivity contribution in [2.24, 2.45) is 7.05 Å². The van der Waals surface area contributed by atoms with Gasteiger partial charge in [-0.05, 0) is 93.6 Å². The lowest BCUT2D eigenvalue weighted by Gasteiger charge is -2.45. The Morgan fingerprint density at radius 3 is 2.51 bits per heavy atom. The smallest absolute Gasteiger partial charge is 0.175 e. The molecule has 3 aromatic rings. The fourth-order valence-electron chi connectivity index (χ4n) is 6.21. The number of methoxy groups -OCH3 is 1. The summed E-state index contributed by atoms with van der Waals surface area (Å²) >= 11 is 0. The van der Waals surface area contributed by atoms with E-state index >= 15 is 4.39 Å². The van der Waals surface area contributed by atoms with Gasteiger partial charge in [-0.3, -0.25) is 4.90 Å². The average Bonchev–Trinajstić information content (AvgIpc) is 3.24. The molecule has 2 saturated heterocycles. The lowest BCUT2D eigenvalue weighted by Crippen LogP contribution is -2.51. The van der Waals surface area contributed by atoms with Crippen molar-refractivity contribution in [2.45, 2.75) is 55.0 Å². The summed E-state index contributed by atoms with van der Waals surface area (Å²) in [6.07, 6.45) is 6.33. The van der Waals surface area contributed by atoms with Crippen molar-refractivity contribution in [1.29, 1.82) is 0 Å². The predicted molar refractivity (Wildman–Crippen MR) is 144 cm³/mol. The van der Waals surface area contributed by atoms with Crippen LogP contribution < -0.4 is 5.32 Å². The molecule has 9 heteroatoms. The van der Waals surface area contributed by atoms with Gasteiger partial charge in [-0.15, -0.1) is 0 Å². The van der Waals surface area contributed by atoms with Gasteiger partial charge in [0, 0.05) is 44.7 Å².